The molecule has 0 aromatic heterocycles. The third-order valence-corrected chi connectivity index (χ3v) is 5.17. The van der Waals surface area contributed by atoms with Crippen molar-refractivity contribution in [3.8, 4) is 0 Å². The van der Waals surface area contributed by atoms with Gasteiger partial charge in [0.15, 0.2) is 0 Å². The Labute approximate surface area is 178 Å². The van der Waals surface area contributed by atoms with Crippen LogP contribution >= 0.6 is 0 Å². The molecular weight excluding hydrogens is 376 g/mol. The second kappa shape index (κ2) is 10.2. The van der Waals surface area contributed by atoms with Crippen LogP contribution in [0.1, 0.15) is 23.6 Å². The Balaban J connectivity index is 2.18. The van der Waals surface area contributed by atoms with E-state index in [0.717, 1.165) is 16.7 Å². The van der Waals surface area contributed by atoms with Gasteiger partial charge in [0, 0.05) is 0 Å². The van der Waals surface area contributed by atoms with Crippen LogP contribution in [0.2, 0.25) is 0 Å². The van der Waals surface area contributed by atoms with Gasteiger partial charge in [-0.15, -0.1) is 0 Å². The summed E-state index contributed by atoms with van der Waals surface area (Å²) in [5.41, 5.74) is 1.91. The van der Waals surface area contributed by atoms with Gasteiger partial charge in [-0.3, -0.25) is 0 Å². The van der Waals surface area contributed by atoms with Crippen molar-refractivity contribution in [1.29, 1.82) is 0 Å². The SMILES string of the molecule is CO/C(=C/CO)[C@H](O)[C@H](C)OC(c1ccccc1)(c1ccccc1)c1ccccc1. The van der Waals surface area contributed by atoms with E-state index in [4.69, 9.17) is 9.47 Å². The van der Waals surface area contributed by atoms with Crippen molar-refractivity contribution < 1.29 is 19.7 Å². The quantitative estimate of drug-likeness (QED) is 0.413. The molecule has 3 aromatic carbocycles. The summed E-state index contributed by atoms with van der Waals surface area (Å²) in [5.74, 6) is 0.271. The third kappa shape index (κ3) is 4.46. The van der Waals surface area contributed by atoms with Gasteiger partial charge >= 0.3 is 0 Å². The summed E-state index contributed by atoms with van der Waals surface area (Å²) < 4.78 is 12.0. The van der Waals surface area contributed by atoms with E-state index in [1.807, 2.05) is 91.0 Å². The Hall–Kier alpha value is -2.92. The predicted molar refractivity (Wildman–Crippen MR) is 118 cm³/mol. The molecule has 30 heavy (non-hydrogen) atoms. The van der Waals surface area contributed by atoms with Crippen LogP contribution in [-0.4, -0.2) is 36.1 Å². The molecule has 3 rings (SSSR count). The van der Waals surface area contributed by atoms with Crippen LogP contribution < -0.4 is 0 Å². The Morgan fingerprint density at radius 3 is 1.57 bits per heavy atom. The molecule has 0 fully saturated rings. The highest BCUT2D eigenvalue weighted by molar-refractivity contribution is 5.47. The largest absolute Gasteiger partial charge is 0.498 e. The van der Waals surface area contributed by atoms with E-state index >= 15 is 0 Å². The first-order chi connectivity index (χ1) is 14.6. The smallest absolute Gasteiger partial charge is 0.144 e. The molecular formula is C26H28O4. The normalized spacial score (nSPS) is 14.2. The van der Waals surface area contributed by atoms with E-state index in [0.29, 0.717) is 0 Å². The number of rotatable bonds is 9. The maximum absolute atomic E-state index is 10.9. The van der Waals surface area contributed by atoms with E-state index in [1.165, 1.54) is 13.2 Å². The Morgan fingerprint density at radius 1 is 0.833 bits per heavy atom. The fourth-order valence-electron chi connectivity index (χ4n) is 3.71. The number of ether oxygens (including phenoxy) is 2. The van der Waals surface area contributed by atoms with Crippen molar-refractivity contribution in [3.05, 3.63) is 120 Å². The fourth-order valence-corrected chi connectivity index (χ4v) is 3.71. The van der Waals surface area contributed by atoms with Crippen LogP contribution in [0.4, 0.5) is 0 Å². The maximum Gasteiger partial charge on any atom is 0.144 e. The molecule has 0 radical (unpaired) electrons. The van der Waals surface area contributed by atoms with E-state index in [2.05, 4.69) is 0 Å². The highest BCUT2D eigenvalue weighted by Gasteiger charge is 2.40. The Morgan fingerprint density at radius 2 is 1.23 bits per heavy atom. The summed E-state index contributed by atoms with van der Waals surface area (Å²) in [4.78, 5) is 0. The van der Waals surface area contributed by atoms with E-state index in [9.17, 15) is 10.2 Å². The first-order valence-electron chi connectivity index (χ1n) is 10.0. The molecule has 0 aliphatic heterocycles. The van der Waals surface area contributed by atoms with Crippen molar-refractivity contribution >= 4 is 0 Å². The van der Waals surface area contributed by atoms with Crippen molar-refractivity contribution in [3.63, 3.8) is 0 Å². The van der Waals surface area contributed by atoms with Crippen LogP contribution in [-0.2, 0) is 15.1 Å². The summed E-state index contributed by atoms with van der Waals surface area (Å²) in [5, 5.41) is 20.1. The highest BCUT2D eigenvalue weighted by Crippen LogP contribution is 2.42. The Bertz CT molecular complexity index is 826. The summed E-state index contributed by atoms with van der Waals surface area (Å²) in [6.45, 7) is 1.58. The molecule has 2 N–H and O–H groups in total. The zero-order valence-corrected chi connectivity index (χ0v) is 17.3. The van der Waals surface area contributed by atoms with Crippen molar-refractivity contribution in [2.24, 2.45) is 0 Å². The minimum atomic E-state index is -1.04. The molecule has 3 aromatic rings. The molecule has 4 nitrogen and oxygen atoms in total. The zero-order chi connectivity index (χ0) is 21.4. The van der Waals surface area contributed by atoms with Gasteiger partial charge in [0.25, 0.3) is 0 Å². The van der Waals surface area contributed by atoms with Gasteiger partial charge in [0.05, 0.1) is 19.8 Å². The average Bonchev–Trinajstić information content (AvgIpc) is 2.82. The molecule has 2 atom stereocenters. The molecule has 0 heterocycles. The van der Waals surface area contributed by atoms with Crippen molar-refractivity contribution in [2.45, 2.75) is 24.7 Å². The molecule has 0 aliphatic carbocycles. The van der Waals surface area contributed by atoms with E-state index in [-0.39, 0.29) is 12.4 Å². The average molecular weight is 405 g/mol. The summed E-state index contributed by atoms with van der Waals surface area (Å²) in [6.07, 6.45) is -0.235. The van der Waals surface area contributed by atoms with Gasteiger partial charge in [-0.05, 0) is 29.7 Å². The number of benzene rings is 3. The zero-order valence-electron chi connectivity index (χ0n) is 17.3. The number of aliphatic hydroxyl groups is 2. The minimum absolute atomic E-state index is 0.228. The van der Waals surface area contributed by atoms with Crippen LogP contribution in [0, 0.1) is 0 Å². The van der Waals surface area contributed by atoms with Gasteiger partial charge in [-0.25, -0.2) is 0 Å². The van der Waals surface area contributed by atoms with Gasteiger partial charge < -0.3 is 19.7 Å². The fraction of sp³-hybridized carbons (Fsp3) is 0.231. The lowest BCUT2D eigenvalue weighted by Crippen LogP contribution is -2.41. The van der Waals surface area contributed by atoms with Crippen molar-refractivity contribution in [1.82, 2.24) is 0 Å². The molecule has 0 saturated carbocycles. The number of methoxy groups -OCH3 is 1. The molecule has 0 spiro atoms. The summed E-state index contributed by atoms with van der Waals surface area (Å²) in [7, 11) is 1.47. The molecule has 0 saturated heterocycles. The second-order valence-electron chi connectivity index (χ2n) is 7.04. The first-order valence-corrected chi connectivity index (χ1v) is 10.0. The number of hydrogen-bond acceptors (Lipinski definition) is 4. The summed E-state index contributed by atoms with van der Waals surface area (Å²) >= 11 is 0. The van der Waals surface area contributed by atoms with Gasteiger partial charge in [0.2, 0.25) is 0 Å². The summed E-state index contributed by atoms with van der Waals surface area (Å²) in [6, 6.07) is 29.9. The van der Waals surface area contributed by atoms with Gasteiger partial charge in [-0.1, -0.05) is 91.0 Å². The lowest BCUT2D eigenvalue weighted by molar-refractivity contribution is -0.0932. The maximum atomic E-state index is 10.9. The van der Waals surface area contributed by atoms with Crippen LogP contribution in [0.3, 0.4) is 0 Å². The van der Waals surface area contributed by atoms with Crippen LogP contribution in [0.25, 0.3) is 0 Å². The lowest BCUT2D eigenvalue weighted by Gasteiger charge is -2.39. The molecule has 0 aliphatic rings. The van der Waals surface area contributed by atoms with Crippen LogP contribution in [0.15, 0.2) is 103 Å². The monoisotopic (exact) mass is 404 g/mol. The predicted octanol–water partition coefficient (Wildman–Crippen LogP) is 4.27. The van der Waals surface area contributed by atoms with Gasteiger partial charge in [0.1, 0.15) is 17.5 Å². The highest BCUT2D eigenvalue weighted by atomic mass is 16.5. The van der Waals surface area contributed by atoms with E-state index in [1.54, 1.807) is 6.92 Å². The second-order valence-corrected chi connectivity index (χ2v) is 7.04. The number of aliphatic hydroxyl groups excluding tert-OH is 2. The molecule has 0 amide bonds. The third-order valence-electron chi connectivity index (χ3n) is 5.17. The molecule has 156 valence electrons. The molecule has 4 heteroatoms. The standard InChI is InChI=1S/C26H28O4/c1-20(25(28)24(29-2)18-19-27)30-26(21-12-6-3-7-13-21,22-14-8-4-9-15-22)23-16-10-5-11-17-23/h3-18,20,25,27-28H,19H2,1-2H3/b24-18+/t20-,25+/m0/s1. The Kier molecular flexibility index (Phi) is 7.41. The molecule has 0 unspecified atom stereocenters. The topological polar surface area (TPSA) is 58.9 Å². The first kappa shape index (κ1) is 21.8. The van der Waals surface area contributed by atoms with Crippen LogP contribution in [0.5, 0.6) is 0 Å². The minimum Gasteiger partial charge on any atom is -0.498 e. The van der Waals surface area contributed by atoms with Crippen molar-refractivity contribution in [2.75, 3.05) is 13.7 Å². The van der Waals surface area contributed by atoms with Gasteiger partial charge in [-0.2, -0.15) is 0 Å². The lowest BCUT2D eigenvalue weighted by atomic mass is 9.79. The number of hydrogen-bond donors (Lipinski definition) is 2. The van der Waals surface area contributed by atoms with E-state index < -0.39 is 17.8 Å². The molecule has 0 bridgehead atoms.